The molecule has 0 aliphatic carbocycles. The van der Waals surface area contributed by atoms with Crippen LogP contribution in [0.25, 0.3) is 0 Å². The van der Waals surface area contributed by atoms with Crippen LogP contribution in [0, 0.1) is 5.82 Å². The first-order chi connectivity index (χ1) is 12.6. The summed E-state index contributed by atoms with van der Waals surface area (Å²) in [5.74, 6) is -0.402. The fraction of sp³-hybridized carbons (Fsp3) is 0.333. The molecule has 5 heteroatoms. The number of amides is 2. The van der Waals surface area contributed by atoms with E-state index in [0.717, 1.165) is 23.2 Å². The van der Waals surface area contributed by atoms with Crippen molar-refractivity contribution >= 4 is 17.5 Å². The van der Waals surface area contributed by atoms with E-state index < -0.39 is 0 Å². The number of nitrogens with zero attached hydrogens (tertiary/aromatic N) is 1. The van der Waals surface area contributed by atoms with Gasteiger partial charge >= 0.3 is 0 Å². The molecule has 1 N–H and O–H groups in total. The predicted octanol–water partition coefficient (Wildman–Crippen LogP) is 4.04. The predicted molar refractivity (Wildman–Crippen MR) is 99.0 cm³/mol. The number of rotatable bonds is 6. The first-order valence-electron chi connectivity index (χ1n) is 9.00. The quantitative estimate of drug-likeness (QED) is 0.797. The number of anilines is 1. The molecule has 1 aliphatic rings. The van der Waals surface area contributed by atoms with E-state index in [2.05, 4.69) is 5.32 Å². The van der Waals surface area contributed by atoms with Gasteiger partial charge in [-0.15, -0.1) is 0 Å². The van der Waals surface area contributed by atoms with Crippen molar-refractivity contribution in [2.24, 2.45) is 0 Å². The average molecular weight is 354 g/mol. The molecule has 1 aliphatic heterocycles. The molecular weight excluding hydrogens is 331 g/mol. The zero-order valence-electron chi connectivity index (χ0n) is 14.9. The highest BCUT2D eigenvalue weighted by Gasteiger charge is 2.25. The number of aryl methyl sites for hydroxylation is 1. The Bertz CT molecular complexity index is 786. The summed E-state index contributed by atoms with van der Waals surface area (Å²) in [6.45, 7) is 2.74. The van der Waals surface area contributed by atoms with Crippen LogP contribution in [0.3, 0.4) is 0 Å². The molecule has 0 saturated carbocycles. The SMILES string of the molecule is CCc1cccc(F)c1CNc1ccc(CN2C(=O)CCCC2=O)cc1. The second-order valence-electron chi connectivity index (χ2n) is 6.51. The summed E-state index contributed by atoms with van der Waals surface area (Å²) < 4.78 is 14.0. The normalized spacial score (nSPS) is 14.6. The topological polar surface area (TPSA) is 49.4 Å². The fourth-order valence-electron chi connectivity index (χ4n) is 3.21. The van der Waals surface area contributed by atoms with Crippen molar-refractivity contribution in [3.8, 4) is 0 Å². The minimum Gasteiger partial charge on any atom is -0.381 e. The highest BCUT2D eigenvalue weighted by Crippen LogP contribution is 2.19. The molecule has 1 fully saturated rings. The zero-order chi connectivity index (χ0) is 18.5. The Kier molecular flexibility index (Phi) is 5.66. The van der Waals surface area contributed by atoms with Gasteiger partial charge in [0.05, 0.1) is 6.54 Å². The summed E-state index contributed by atoms with van der Waals surface area (Å²) in [5.41, 5.74) is 3.45. The lowest BCUT2D eigenvalue weighted by Crippen LogP contribution is -2.39. The molecule has 1 saturated heterocycles. The average Bonchev–Trinajstić information content (AvgIpc) is 2.64. The maximum atomic E-state index is 14.0. The monoisotopic (exact) mass is 354 g/mol. The molecule has 26 heavy (non-hydrogen) atoms. The lowest BCUT2D eigenvalue weighted by Gasteiger charge is -2.24. The van der Waals surface area contributed by atoms with E-state index in [1.54, 1.807) is 6.07 Å². The number of benzene rings is 2. The molecular formula is C21H23FN2O2. The zero-order valence-corrected chi connectivity index (χ0v) is 14.9. The second kappa shape index (κ2) is 8.13. The summed E-state index contributed by atoms with van der Waals surface area (Å²) in [6.07, 6.45) is 2.31. The number of carbonyl (C=O) groups excluding carboxylic acids is 2. The summed E-state index contributed by atoms with van der Waals surface area (Å²) >= 11 is 0. The number of hydrogen-bond acceptors (Lipinski definition) is 3. The van der Waals surface area contributed by atoms with Gasteiger partial charge in [0, 0.05) is 30.6 Å². The van der Waals surface area contributed by atoms with E-state index in [0.29, 0.717) is 37.9 Å². The van der Waals surface area contributed by atoms with Crippen molar-refractivity contribution in [1.29, 1.82) is 0 Å². The van der Waals surface area contributed by atoms with Gasteiger partial charge in [-0.25, -0.2) is 4.39 Å². The van der Waals surface area contributed by atoms with E-state index in [9.17, 15) is 14.0 Å². The third kappa shape index (κ3) is 4.10. The summed E-state index contributed by atoms with van der Waals surface area (Å²) in [4.78, 5) is 25.1. The molecule has 0 aromatic heterocycles. The van der Waals surface area contributed by atoms with E-state index in [-0.39, 0.29) is 17.6 Å². The van der Waals surface area contributed by atoms with E-state index in [1.165, 1.54) is 11.0 Å². The molecule has 2 amide bonds. The number of halogens is 1. The molecule has 2 aromatic rings. The van der Waals surface area contributed by atoms with Gasteiger partial charge in [-0.2, -0.15) is 0 Å². The maximum absolute atomic E-state index is 14.0. The van der Waals surface area contributed by atoms with Crippen LogP contribution in [-0.4, -0.2) is 16.7 Å². The molecule has 1 heterocycles. The van der Waals surface area contributed by atoms with Gasteiger partial charge in [0.2, 0.25) is 11.8 Å². The summed E-state index contributed by atoms with van der Waals surface area (Å²) in [6, 6.07) is 12.7. The minimum atomic E-state index is -0.199. The highest BCUT2D eigenvalue weighted by atomic mass is 19.1. The minimum absolute atomic E-state index is 0.102. The molecule has 0 radical (unpaired) electrons. The molecule has 4 nitrogen and oxygen atoms in total. The summed E-state index contributed by atoms with van der Waals surface area (Å²) in [7, 11) is 0. The first-order valence-corrected chi connectivity index (χ1v) is 9.00. The van der Waals surface area contributed by atoms with Gasteiger partial charge in [0.15, 0.2) is 0 Å². The highest BCUT2D eigenvalue weighted by molar-refractivity contribution is 5.97. The Hall–Kier alpha value is -2.69. The van der Waals surface area contributed by atoms with Crippen LogP contribution in [0.2, 0.25) is 0 Å². The molecule has 0 spiro atoms. The molecule has 136 valence electrons. The van der Waals surface area contributed by atoms with Crippen LogP contribution in [0.5, 0.6) is 0 Å². The van der Waals surface area contributed by atoms with Crippen molar-refractivity contribution in [2.75, 3.05) is 5.32 Å². The Morgan fingerprint density at radius 1 is 1.04 bits per heavy atom. The fourth-order valence-corrected chi connectivity index (χ4v) is 3.21. The Labute approximate surface area is 153 Å². The smallest absolute Gasteiger partial charge is 0.229 e. The standard InChI is InChI=1S/C21H23FN2O2/c1-2-16-5-3-6-19(22)18(16)13-23-17-11-9-15(10-12-17)14-24-20(25)7-4-8-21(24)26/h3,5-6,9-12,23H,2,4,7-8,13-14H2,1H3. The van der Waals surface area contributed by atoms with Crippen molar-refractivity contribution in [1.82, 2.24) is 4.90 Å². The third-order valence-corrected chi connectivity index (χ3v) is 4.74. The van der Waals surface area contributed by atoms with Gasteiger partial charge in [-0.1, -0.05) is 31.2 Å². The van der Waals surface area contributed by atoms with E-state index in [4.69, 9.17) is 0 Å². The van der Waals surface area contributed by atoms with Crippen molar-refractivity contribution in [3.63, 3.8) is 0 Å². The van der Waals surface area contributed by atoms with Crippen LogP contribution in [0.1, 0.15) is 42.9 Å². The number of likely N-dealkylation sites (tertiary alicyclic amines) is 1. The summed E-state index contributed by atoms with van der Waals surface area (Å²) in [5, 5.41) is 3.24. The van der Waals surface area contributed by atoms with Crippen LogP contribution in [0.4, 0.5) is 10.1 Å². The van der Waals surface area contributed by atoms with Gasteiger partial charge in [0.1, 0.15) is 5.82 Å². The van der Waals surface area contributed by atoms with Crippen LogP contribution < -0.4 is 5.32 Å². The molecule has 3 rings (SSSR count). The molecule has 0 bridgehead atoms. The molecule has 0 atom stereocenters. The number of imide groups is 1. The van der Waals surface area contributed by atoms with Gasteiger partial charge < -0.3 is 5.32 Å². The van der Waals surface area contributed by atoms with Gasteiger partial charge in [0.25, 0.3) is 0 Å². The number of carbonyl (C=O) groups is 2. The first kappa shape index (κ1) is 18.1. The Balaban J connectivity index is 1.63. The van der Waals surface area contributed by atoms with Gasteiger partial charge in [-0.3, -0.25) is 14.5 Å². The van der Waals surface area contributed by atoms with Crippen molar-refractivity contribution in [3.05, 3.63) is 65.0 Å². The van der Waals surface area contributed by atoms with E-state index in [1.807, 2.05) is 37.3 Å². The lowest BCUT2D eigenvalue weighted by molar-refractivity contribution is -0.148. The van der Waals surface area contributed by atoms with Crippen LogP contribution in [-0.2, 0) is 29.1 Å². The van der Waals surface area contributed by atoms with Crippen molar-refractivity contribution < 1.29 is 14.0 Å². The van der Waals surface area contributed by atoms with Crippen LogP contribution in [0.15, 0.2) is 42.5 Å². The number of nitrogens with one attached hydrogen (secondary N) is 1. The lowest BCUT2D eigenvalue weighted by atomic mass is 10.0. The second-order valence-corrected chi connectivity index (χ2v) is 6.51. The van der Waals surface area contributed by atoms with Crippen LogP contribution >= 0.6 is 0 Å². The largest absolute Gasteiger partial charge is 0.381 e. The Morgan fingerprint density at radius 2 is 1.73 bits per heavy atom. The number of hydrogen-bond donors (Lipinski definition) is 1. The molecule has 0 unspecified atom stereocenters. The third-order valence-electron chi connectivity index (χ3n) is 4.74. The number of piperidine rings is 1. The Morgan fingerprint density at radius 3 is 2.38 bits per heavy atom. The van der Waals surface area contributed by atoms with Crippen molar-refractivity contribution in [2.45, 2.75) is 45.7 Å². The molecule has 2 aromatic carbocycles. The maximum Gasteiger partial charge on any atom is 0.229 e. The van der Waals surface area contributed by atoms with E-state index >= 15 is 0 Å². The van der Waals surface area contributed by atoms with Gasteiger partial charge in [-0.05, 0) is 42.2 Å².